The molecule has 0 aliphatic heterocycles. The van der Waals surface area contributed by atoms with Crippen LogP contribution in [0.15, 0.2) is 40.5 Å². The Labute approximate surface area is 179 Å². The number of aliphatic hydroxyl groups is 1. The van der Waals surface area contributed by atoms with Crippen molar-refractivity contribution in [1.29, 1.82) is 0 Å². The quantitative estimate of drug-likeness (QED) is 0.385. The molecule has 2 aromatic carbocycles. The van der Waals surface area contributed by atoms with Gasteiger partial charge < -0.3 is 10.1 Å². The van der Waals surface area contributed by atoms with Gasteiger partial charge in [0.25, 0.3) is 5.56 Å². The molecule has 0 aliphatic rings. The molecule has 2 N–H and O–H groups in total. The number of hydrogen-bond acceptors (Lipinski definition) is 3. The van der Waals surface area contributed by atoms with Crippen molar-refractivity contribution in [2.75, 3.05) is 0 Å². The molecule has 0 bridgehead atoms. The lowest BCUT2D eigenvalue weighted by Crippen LogP contribution is -2.08. The average Bonchev–Trinajstić information content (AvgIpc) is 3.20. The van der Waals surface area contributed by atoms with Crippen LogP contribution < -0.4 is 5.56 Å². The lowest BCUT2D eigenvalue weighted by atomic mass is 9.84. The number of fused-ring (bicyclic) bond motifs is 3. The van der Waals surface area contributed by atoms with Crippen LogP contribution in [-0.4, -0.2) is 10.1 Å². The van der Waals surface area contributed by atoms with Crippen LogP contribution in [0.5, 0.6) is 0 Å². The molecule has 0 spiro atoms. The minimum Gasteiger partial charge on any atom is -0.392 e. The van der Waals surface area contributed by atoms with E-state index in [1.807, 2.05) is 36.6 Å². The number of benzene rings is 2. The van der Waals surface area contributed by atoms with E-state index in [2.05, 4.69) is 25.8 Å². The monoisotopic (exact) mass is 423 g/mol. The second-order valence-electron chi connectivity index (χ2n) is 8.25. The third-order valence-electron chi connectivity index (χ3n) is 6.09. The van der Waals surface area contributed by atoms with Crippen molar-refractivity contribution in [3.8, 4) is 11.1 Å². The SMILES string of the molecule is CCC(c1ccc(-c2c(CO)cc(C)c3[nH]c(=O)c4sccc4c23)cc1F)C(C)C. The van der Waals surface area contributed by atoms with Crippen molar-refractivity contribution in [3.63, 3.8) is 0 Å². The Morgan fingerprint density at radius 1 is 1.20 bits per heavy atom. The zero-order valence-electron chi connectivity index (χ0n) is 17.7. The van der Waals surface area contributed by atoms with Crippen LogP contribution in [0.4, 0.5) is 4.39 Å². The summed E-state index contributed by atoms with van der Waals surface area (Å²) in [6.07, 6.45) is 0.875. The first kappa shape index (κ1) is 20.8. The minimum absolute atomic E-state index is 0.123. The molecule has 0 aliphatic carbocycles. The maximum Gasteiger partial charge on any atom is 0.266 e. The number of hydrogen-bond donors (Lipinski definition) is 2. The van der Waals surface area contributed by atoms with E-state index >= 15 is 4.39 Å². The number of thiophene rings is 1. The van der Waals surface area contributed by atoms with Crippen LogP contribution in [0.25, 0.3) is 32.1 Å². The Morgan fingerprint density at radius 2 is 1.97 bits per heavy atom. The number of aryl methyl sites for hydroxylation is 1. The summed E-state index contributed by atoms with van der Waals surface area (Å²) in [5, 5.41) is 13.7. The van der Waals surface area contributed by atoms with E-state index in [1.165, 1.54) is 11.3 Å². The van der Waals surface area contributed by atoms with Gasteiger partial charge in [-0.1, -0.05) is 39.0 Å². The molecular weight excluding hydrogens is 397 g/mol. The molecule has 0 fully saturated rings. The number of nitrogens with one attached hydrogen (secondary N) is 1. The highest BCUT2D eigenvalue weighted by Crippen LogP contribution is 2.40. The van der Waals surface area contributed by atoms with Crippen LogP contribution in [0.2, 0.25) is 0 Å². The van der Waals surface area contributed by atoms with Gasteiger partial charge >= 0.3 is 0 Å². The van der Waals surface area contributed by atoms with E-state index in [4.69, 9.17) is 0 Å². The average molecular weight is 424 g/mol. The predicted octanol–water partition coefficient (Wildman–Crippen LogP) is 6.50. The molecule has 0 saturated heterocycles. The zero-order valence-corrected chi connectivity index (χ0v) is 18.5. The highest BCUT2D eigenvalue weighted by Gasteiger charge is 2.21. The number of halogens is 1. The van der Waals surface area contributed by atoms with Crippen LogP contribution in [0.3, 0.4) is 0 Å². The fraction of sp³-hybridized carbons (Fsp3) is 0.320. The minimum atomic E-state index is -0.225. The third kappa shape index (κ3) is 3.26. The Balaban J connectivity index is 2.06. The molecule has 0 amide bonds. The molecule has 156 valence electrons. The summed E-state index contributed by atoms with van der Waals surface area (Å²) in [4.78, 5) is 15.5. The summed E-state index contributed by atoms with van der Waals surface area (Å²) in [6, 6.07) is 9.20. The van der Waals surface area contributed by atoms with Crippen LogP contribution in [0.1, 0.15) is 49.8 Å². The van der Waals surface area contributed by atoms with Gasteiger partial charge in [-0.25, -0.2) is 4.39 Å². The van der Waals surface area contributed by atoms with E-state index in [0.29, 0.717) is 16.2 Å². The molecular formula is C25H26FNO2S. The van der Waals surface area contributed by atoms with Crippen molar-refractivity contribution < 1.29 is 9.50 Å². The molecule has 3 nitrogen and oxygen atoms in total. The van der Waals surface area contributed by atoms with E-state index in [-0.39, 0.29) is 23.9 Å². The topological polar surface area (TPSA) is 53.1 Å². The third-order valence-corrected chi connectivity index (χ3v) is 7.00. The van der Waals surface area contributed by atoms with Gasteiger partial charge in [0.15, 0.2) is 0 Å². The number of aromatic nitrogens is 1. The lowest BCUT2D eigenvalue weighted by Gasteiger charge is -2.21. The highest BCUT2D eigenvalue weighted by molar-refractivity contribution is 7.17. The Morgan fingerprint density at radius 3 is 2.60 bits per heavy atom. The van der Waals surface area contributed by atoms with E-state index < -0.39 is 0 Å². The van der Waals surface area contributed by atoms with Gasteiger partial charge in [-0.05, 0) is 70.5 Å². The molecule has 4 aromatic rings. The van der Waals surface area contributed by atoms with Gasteiger partial charge in [0, 0.05) is 10.8 Å². The molecule has 30 heavy (non-hydrogen) atoms. The van der Waals surface area contributed by atoms with E-state index in [1.54, 1.807) is 6.07 Å². The van der Waals surface area contributed by atoms with Crippen LogP contribution in [-0.2, 0) is 6.61 Å². The number of aliphatic hydroxyl groups excluding tert-OH is 1. The maximum atomic E-state index is 15.2. The predicted molar refractivity (Wildman–Crippen MR) is 124 cm³/mol. The Hall–Kier alpha value is -2.50. The van der Waals surface area contributed by atoms with Crippen molar-refractivity contribution in [3.05, 3.63) is 68.6 Å². The molecule has 5 heteroatoms. The first-order valence-corrected chi connectivity index (χ1v) is 11.2. The van der Waals surface area contributed by atoms with Gasteiger partial charge in [0.1, 0.15) is 10.5 Å². The van der Waals surface area contributed by atoms with Gasteiger partial charge in [0.05, 0.1) is 12.1 Å². The van der Waals surface area contributed by atoms with E-state index in [0.717, 1.165) is 45.0 Å². The number of rotatable bonds is 5. The Bertz CT molecular complexity index is 1300. The summed E-state index contributed by atoms with van der Waals surface area (Å²) in [7, 11) is 0. The molecule has 1 unspecified atom stereocenters. The van der Waals surface area contributed by atoms with Crippen LogP contribution in [0, 0.1) is 18.7 Å². The smallest absolute Gasteiger partial charge is 0.266 e. The summed E-state index contributed by atoms with van der Waals surface area (Å²) < 4.78 is 15.9. The second-order valence-corrected chi connectivity index (χ2v) is 9.16. The summed E-state index contributed by atoms with van der Waals surface area (Å²) in [5.41, 5.74) is 4.43. The Kier molecular flexibility index (Phi) is 5.51. The number of pyridine rings is 1. The standard InChI is InChI=1S/C25H26FNO2S/c1-5-17(13(2)3)18-7-6-15(11-20(18)26)21-16(12-28)10-14(4)23-22(21)19-8-9-30-24(19)25(29)27-23/h6-11,13,17,28H,5,12H2,1-4H3,(H,27,29). The molecule has 1 atom stereocenters. The summed E-state index contributed by atoms with van der Waals surface area (Å²) in [6.45, 7) is 8.06. The number of aromatic amines is 1. The largest absolute Gasteiger partial charge is 0.392 e. The molecule has 0 saturated carbocycles. The van der Waals surface area contributed by atoms with E-state index in [9.17, 15) is 9.90 Å². The summed E-state index contributed by atoms with van der Waals surface area (Å²) >= 11 is 1.39. The van der Waals surface area contributed by atoms with Gasteiger partial charge in [-0.15, -0.1) is 11.3 Å². The normalized spacial score (nSPS) is 12.9. The molecule has 2 heterocycles. The molecule has 2 aromatic heterocycles. The van der Waals surface area contributed by atoms with Crippen LogP contribution >= 0.6 is 11.3 Å². The lowest BCUT2D eigenvalue weighted by molar-refractivity contribution is 0.282. The maximum absolute atomic E-state index is 15.2. The second kappa shape index (κ2) is 7.97. The first-order valence-electron chi connectivity index (χ1n) is 10.3. The van der Waals surface area contributed by atoms with Gasteiger partial charge in [0.2, 0.25) is 0 Å². The molecule has 0 radical (unpaired) electrons. The zero-order chi connectivity index (χ0) is 21.6. The molecule has 4 rings (SSSR count). The first-order chi connectivity index (χ1) is 14.4. The van der Waals surface area contributed by atoms with Gasteiger partial charge in [-0.3, -0.25) is 4.79 Å². The number of H-pyrrole nitrogens is 1. The summed E-state index contributed by atoms with van der Waals surface area (Å²) in [5.74, 6) is 0.279. The van der Waals surface area contributed by atoms with Gasteiger partial charge in [-0.2, -0.15) is 0 Å². The highest BCUT2D eigenvalue weighted by atomic mass is 32.1. The van der Waals surface area contributed by atoms with Crippen molar-refractivity contribution in [2.24, 2.45) is 5.92 Å². The fourth-order valence-corrected chi connectivity index (χ4v) is 5.45. The fourth-order valence-electron chi connectivity index (χ4n) is 4.66. The van der Waals surface area contributed by atoms with Crippen molar-refractivity contribution >= 4 is 32.3 Å². The van der Waals surface area contributed by atoms with Crippen molar-refractivity contribution in [2.45, 2.75) is 46.6 Å². The van der Waals surface area contributed by atoms with Crippen molar-refractivity contribution in [1.82, 2.24) is 4.98 Å².